The third kappa shape index (κ3) is 4.00. The van der Waals surface area contributed by atoms with Crippen molar-refractivity contribution in [2.24, 2.45) is 0 Å². The van der Waals surface area contributed by atoms with Crippen LogP contribution in [0.4, 0.5) is 5.69 Å². The largest absolute Gasteiger partial charge is 0.371 e. The third-order valence-corrected chi connectivity index (χ3v) is 6.58. The van der Waals surface area contributed by atoms with Crippen LogP contribution in [0.5, 0.6) is 0 Å². The van der Waals surface area contributed by atoms with Gasteiger partial charge in [0, 0.05) is 38.3 Å². The molecule has 0 radical (unpaired) electrons. The van der Waals surface area contributed by atoms with Gasteiger partial charge < -0.3 is 19.7 Å². The number of rotatable bonds is 4. The number of piperazine rings is 1. The number of amides is 1. The molecule has 2 saturated heterocycles. The number of anilines is 1. The molecule has 7 heteroatoms. The molecule has 3 heterocycles. The average Bonchev–Trinajstić information content (AvgIpc) is 3.51. The lowest BCUT2D eigenvalue weighted by molar-refractivity contribution is 0.0498. The molecular formula is C25H30N6O. The average molecular weight is 431 g/mol. The van der Waals surface area contributed by atoms with E-state index < -0.39 is 0 Å². The number of hydrogen-bond donors (Lipinski definition) is 1. The molecule has 5 rings (SSSR count). The van der Waals surface area contributed by atoms with Crippen molar-refractivity contribution in [1.29, 1.82) is 0 Å². The van der Waals surface area contributed by atoms with E-state index in [9.17, 15) is 4.79 Å². The minimum atomic E-state index is 0.0467. The SMILES string of the molecule is Cc1nnc(-c2ccc(C(=O)N3CCN(C)CC3c3ccccc3)c(N3CCCC3)c2)[nH]1. The summed E-state index contributed by atoms with van der Waals surface area (Å²) in [5.41, 5.74) is 3.92. The highest BCUT2D eigenvalue weighted by molar-refractivity contribution is 6.01. The van der Waals surface area contributed by atoms with Gasteiger partial charge in [0.25, 0.3) is 5.91 Å². The molecule has 3 aromatic rings. The van der Waals surface area contributed by atoms with E-state index in [-0.39, 0.29) is 11.9 Å². The maximum absolute atomic E-state index is 14.0. The van der Waals surface area contributed by atoms with E-state index in [1.54, 1.807) is 0 Å². The quantitative estimate of drug-likeness (QED) is 0.686. The van der Waals surface area contributed by atoms with Gasteiger partial charge in [-0.3, -0.25) is 4.79 Å². The van der Waals surface area contributed by atoms with E-state index in [0.29, 0.717) is 0 Å². The number of aromatic amines is 1. The molecule has 0 spiro atoms. The highest BCUT2D eigenvalue weighted by Gasteiger charge is 2.33. The Kier molecular flexibility index (Phi) is 5.66. The lowest BCUT2D eigenvalue weighted by atomic mass is 10.00. The van der Waals surface area contributed by atoms with Gasteiger partial charge in [-0.05, 0) is 44.5 Å². The second-order valence-corrected chi connectivity index (χ2v) is 8.87. The van der Waals surface area contributed by atoms with Crippen molar-refractivity contribution in [3.05, 3.63) is 65.5 Å². The van der Waals surface area contributed by atoms with Gasteiger partial charge in [-0.15, -0.1) is 10.2 Å². The predicted octanol–water partition coefficient (Wildman–Crippen LogP) is 3.51. The number of aromatic nitrogens is 3. The second-order valence-electron chi connectivity index (χ2n) is 8.87. The van der Waals surface area contributed by atoms with Crippen LogP contribution >= 0.6 is 0 Å². The molecule has 0 aliphatic carbocycles. The van der Waals surface area contributed by atoms with E-state index in [1.165, 1.54) is 5.56 Å². The zero-order chi connectivity index (χ0) is 22.1. The van der Waals surface area contributed by atoms with Crippen LogP contribution in [0.15, 0.2) is 48.5 Å². The molecule has 1 aromatic heterocycles. The summed E-state index contributed by atoms with van der Waals surface area (Å²) in [5, 5.41) is 8.36. The first kappa shape index (κ1) is 20.7. The summed E-state index contributed by atoms with van der Waals surface area (Å²) in [5.74, 6) is 1.63. The van der Waals surface area contributed by atoms with E-state index in [4.69, 9.17) is 0 Å². The number of nitrogens with one attached hydrogen (secondary N) is 1. The highest BCUT2D eigenvalue weighted by Crippen LogP contribution is 2.33. The summed E-state index contributed by atoms with van der Waals surface area (Å²) in [6, 6.07) is 16.5. The number of carbonyl (C=O) groups is 1. The molecule has 7 nitrogen and oxygen atoms in total. The first-order chi connectivity index (χ1) is 15.6. The van der Waals surface area contributed by atoms with Gasteiger partial charge in [-0.25, -0.2) is 0 Å². The Labute approximate surface area is 189 Å². The molecule has 1 unspecified atom stereocenters. The van der Waals surface area contributed by atoms with Crippen LogP contribution in [0.2, 0.25) is 0 Å². The Bertz CT molecular complexity index is 1090. The number of nitrogens with zero attached hydrogens (tertiary/aromatic N) is 5. The summed E-state index contributed by atoms with van der Waals surface area (Å²) in [6.45, 7) is 6.28. The molecule has 2 fully saturated rings. The van der Waals surface area contributed by atoms with Gasteiger partial charge in [0.15, 0.2) is 5.82 Å². The van der Waals surface area contributed by atoms with Gasteiger partial charge in [0.1, 0.15) is 5.82 Å². The number of hydrogen-bond acceptors (Lipinski definition) is 5. The Morgan fingerprint density at radius 3 is 2.50 bits per heavy atom. The maximum atomic E-state index is 14.0. The van der Waals surface area contributed by atoms with Crippen LogP contribution in [0.25, 0.3) is 11.4 Å². The Morgan fingerprint density at radius 1 is 1.00 bits per heavy atom. The van der Waals surface area contributed by atoms with Crippen LogP contribution in [0.1, 0.15) is 40.6 Å². The number of carbonyl (C=O) groups excluding carboxylic acids is 1. The number of H-pyrrole nitrogens is 1. The lowest BCUT2D eigenvalue weighted by Gasteiger charge is -2.41. The minimum absolute atomic E-state index is 0.0467. The maximum Gasteiger partial charge on any atom is 0.256 e. The van der Waals surface area contributed by atoms with Crippen molar-refractivity contribution in [3.8, 4) is 11.4 Å². The molecule has 1 atom stereocenters. The van der Waals surface area contributed by atoms with Crippen molar-refractivity contribution in [3.63, 3.8) is 0 Å². The van der Waals surface area contributed by atoms with Crippen molar-refractivity contribution in [1.82, 2.24) is 25.0 Å². The Hall–Kier alpha value is -3.19. The second kappa shape index (κ2) is 8.74. The Balaban J connectivity index is 1.53. The highest BCUT2D eigenvalue weighted by atomic mass is 16.2. The van der Waals surface area contributed by atoms with E-state index in [1.807, 2.05) is 25.1 Å². The standard InChI is InChI=1S/C25H30N6O/c1-18-26-24(28-27-18)20-10-11-21(22(16-20)30-12-6-7-13-30)25(32)31-15-14-29(2)17-23(31)19-8-4-3-5-9-19/h3-5,8-11,16,23H,6-7,12-15,17H2,1-2H3,(H,26,27,28). The summed E-state index contributed by atoms with van der Waals surface area (Å²) < 4.78 is 0. The molecule has 0 bridgehead atoms. The van der Waals surface area contributed by atoms with Crippen LogP contribution in [0.3, 0.4) is 0 Å². The van der Waals surface area contributed by atoms with Gasteiger partial charge in [-0.2, -0.15) is 0 Å². The topological polar surface area (TPSA) is 68.4 Å². The smallest absolute Gasteiger partial charge is 0.256 e. The van der Waals surface area contributed by atoms with E-state index in [0.717, 1.165) is 74.0 Å². The fraction of sp³-hybridized carbons (Fsp3) is 0.400. The normalized spacial score (nSPS) is 19.5. The molecule has 0 saturated carbocycles. The molecule has 1 amide bonds. The fourth-order valence-electron chi connectivity index (χ4n) is 4.83. The Morgan fingerprint density at radius 2 is 1.78 bits per heavy atom. The van der Waals surface area contributed by atoms with Crippen LogP contribution in [-0.2, 0) is 0 Å². The molecule has 1 N–H and O–H groups in total. The van der Waals surface area contributed by atoms with E-state index >= 15 is 0 Å². The molecule has 2 aliphatic heterocycles. The van der Waals surface area contributed by atoms with Gasteiger partial charge >= 0.3 is 0 Å². The van der Waals surface area contributed by atoms with Gasteiger partial charge in [0.05, 0.1) is 17.3 Å². The van der Waals surface area contributed by atoms with Crippen molar-refractivity contribution in [2.45, 2.75) is 25.8 Å². The number of likely N-dealkylation sites (N-methyl/N-ethyl adjacent to an activating group) is 1. The zero-order valence-corrected chi connectivity index (χ0v) is 18.8. The van der Waals surface area contributed by atoms with Gasteiger partial charge in [0.2, 0.25) is 0 Å². The first-order valence-corrected chi connectivity index (χ1v) is 11.4. The van der Waals surface area contributed by atoms with Crippen LogP contribution in [-0.4, -0.2) is 70.7 Å². The third-order valence-electron chi connectivity index (χ3n) is 6.58. The molecule has 2 aliphatic rings. The first-order valence-electron chi connectivity index (χ1n) is 11.4. The molecule has 2 aromatic carbocycles. The lowest BCUT2D eigenvalue weighted by Crippen LogP contribution is -2.49. The summed E-state index contributed by atoms with van der Waals surface area (Å²) in [7, 11) is 2.13. The molecule has 32 heavy (non-hydrogen) atoms. The number of aryl methyl sites for hydroxylation is 1. The fourth-order valence-corrected chi connectivity index (χ4v) is 4.83. The summed E-state index contributed by atoms with van der Waals surface area (Å²) >= 11 is 0. The van der Waals surface area contributed by atoms with Crippen LogP contribution in [0, 0.1) is 6.92 Å². The van der Waals surface area contributed by atoms with Gasteiger partial charge in [-0.1, -0.05) is 36.4 Å². The summed E-state index contributed by atoms with van der Waals surface area (Å²) in [4.78, 5) is 23.9. The van der Waals surface area contributed by atoms with E-state index in [2.05, 4.69) is 67.3 Å². The van der Waals surface area contributed by atoms with Crippen molar-refractivity contribution < 1.29 is 4.79 Å². The molecule has 166 valence electrons. The predicted molar refractivity (Wildman–Crippen MR) is 126 cm³/mol. The molecular weight excluding hydrogens is 400 g/mol. The van der Waals surface area contributed by atoms with Crippen LogP contribution < -0.4 is 4.90 Å². The minimum Gasteiger partial charge on any atom is -0.371 e. The number of benzene rings is 2. The van der Waals surface area contributed by atoms with Crippen molar-refractivity contribution in [2.75, 3.05) is 44.7 Å². The van der Waals surface area contributed by atoms with Crippen molar-refractivity contribution >= 4 is 11.6 Å². The zero-order valence-electron chi connectivity index (χ0n) is 18.8. The summed E-state index contributed by atoms with van der Waals surface area (Å²) in [6.07, 6.45) is 2.31. The monoisotopic (exact) mass is 430 g/mol.